The van der Waals surface area contributed by atoms with Gasteiger partial charge in [-0.3, -0.25) is 0 Å². The van der Waals surface area contributed by atoms with Crippen LogP contribution in [0.5, 0.6) is 0 Å². The maximum absolute atomic E-state index is 9.47. The van der Waals surface area contributed by atoms with Crippen LogP contribution in [-0.2, 0) is 9.47 Å². The van der Waals surface area contributed by atoms with Crippen molar-refractivity contribution >= 4 is 12.6 Å². The van der Waals surface area contributed by atoms with Crippen LogP contribution >= 0.6 is 12.6 Å². The maximum atomic E-state index is 9.47. The maximum Gasteiger partial charge on any atom is 0.186 e. The summed E-state index contributed by atoms with van der Waals surface area (Å²) in [6, 6.07) is 0. The largest absolute Gasteiger partial charge is 0.387 e. The summed E-state index contributed by atoms with van der Waals surface area (Å²) in [4.78, 5) is 0. The Balaban J connectivity index is 2.50. The van der Waals surface area contributed by atoms with Gasteiger partial charge in [0.1, 0.15) is 12.2 Å². The average molecular weight is 208 g/mol. The minimum absolute atomic E-state index is 0.0366. The Hall–Kier alpha value is 0.190. The molecule has 1 saturated heterocycles. The SMILES string of the molecule is CC(C)O[C@@H]1O[C@H](CS)[C@@H](O)[C@H]1O. The summed E-state index contributed by atoms with van der Waals surface area (Å²) in [7, 11) is 0. The van der Waals surface area contributed by atoms with Gasteiger partial charge in [-0.05, 0) is 13.8 Å². The first-order valence-corrected chi connectivity index (χ1v) is 4.97. The van der Waals surface area contributed by atoms with Gasteiger partial charge in [0.05, 0.1) is 12.2 Å². The highest BCUT2D eigenvalue weighted by Crippen LogP contribution is 2.23. The van der Waals surface area contributed by atoms with E-state index in [2.05, 4.69) is 12.6 Å². The lowest BCUT2D eigenvalue weighted by Gasteiger charge is -2.17. The first-order valence-electron chi connectivity index (χ1n) is 4.34. The number of ether oxygens (including phenoxy) is 2. The summed E-state index contributed by atoms with van der Waals surface area (Å²) >= 11 is 4.00. The smallest absolute Gasteiger partial charge is 0.186 e. The fourth-order valence-corrected chi connectivity index (χ4v) is 1.55. The monoisotopic (exact) mass is 208 g/mol. The topological polar surface area (TPSA) is 58.9 Å². The average Bonchev–Trinajstić information content (AvgIpc) is 2.32. The molecule has 5 heteroatoms. The Morgan fingerprint density at radius 3 is 2.38 bits per heavy atom. The molecule has 0 aliphatic carbocycles. The second kappa shape index (κ2) is 4.61. The summed E-state index contributed by atoms with van der Waals surface area (Å²) < 4.78 is 10.5. The Labute approximate surface area is 83.3 Å². The van der Waals surface area contributed by atoms with Gasteiger partial charge in [-0.1, -0.05) is 0 Å². The first-order chi connectivity index (χ1) is 6.06. The van der Waals surface area contributed by atoms with Crippen LogP contribution in [0.2, 0.25) is 0 Å². The molecule has 1 fully saturated rings. The van der Waals surface area contributed by atoms with Crippen LogP contribution in [-0.4, -0.2) is 46.7 Å². The molecule has 0 saturated carbocycles. The van der Waals surface area contributed by atoms with E-state index in [0.717, 1.165) is 0 Å². The highest BCUT2D eigenvalue weighted by molar-refractivity contribution is 7.80. The Morgan fingerprint density at radius 2 is 2.00 bits per heavy atom. The quantitative estimate of drug-likeness (QED) is 0.562. The van der Waals surface area contributed by atoms with Crippen LogP contribution in [0, 0.1) is 0 Å². The lowest BCUT2D eigenvalue weighted by molar-refractivity contribution is -0.180. The van der Waals surface area contributed by atoms with E-state index in [1.807, 2.05) is 13.8 Å². The van der Waals surface area contributed by atoms with E-state index in [4.69, 9.17) is 9.47 Å². The molecule has 0 radical (unpaired) electrons. The standard InChI is InChI=1S/C8H16O4S/c1-4(2)11-8-7(10)6(9)5(3-13)12-8/h4-10,13H,3H2,1-2H3/t5-,6-,7-,8-/m1/s1. The number of hydrogen-bond acceptors (Lipinski definition) is 5. The van der Waals surface area contributed by atoms with Gasteiger partial charge in [0.25, 0.3) is 0 Å². The Bertz CT molecular complexity index is 164. The van der Waals surface area contributed by atoms with Crippen molar-refractivity contribution in [2.24, 2.45) is 0 Å². The van der Waals surface area contributed by atoms with Gasteiger partial charge in [-0.2, -0.15) is 12.6 Å². The summed E-state index contributed by atoms with van der Waals surface area (Å²) in [6.07, 6.45) is -3.08. The fourth-order valence-electron chi connectivity index (χ4n) is 1.25. The summed E-state index contributed by atoms with van der Waals surface area (Å²) in [5.41, 5.74) is 0. The molecule has 1 rings (SSSR count). The zero-order valence-electron chi connectivity index (χ0n) is 7.75. The van der Waals surface area contributed by atoms with Crippen LogP contribution in [0.1, 0.15) is 13.8 Å². The van der Waals surface area contributed by atoms with E-state index in [9.17, 15) is 10.2 Å². The van der Waals surface area contributed by atoms with Crippen molar-refractivity contribution in [2.45, 2.75) is 44.6 Å². The minimum atomic E-state index is -0.973. The summed E-state index contributed by atoms with van der Waals surface area (Å²) in [6.45, 7) is 3.69. The predicted octanol–water partition coefficient (Wildman–Crippen LogP) is -0.212. The molecule has 0 aromatic rings. The van der Waals surface area contributed by atoms with Gasteiger partial charge in [-0.15, -0.1) is 0 Å². The van der Waals surface area contributed by atoms with Crippen molar-refractivity contribution in [1.29, 1.82) is 0 Å². The van der Waals surface area contributed by atoms with E-state index in [-0.39, 0.29) is 6.10 Å². The van der Waals surface area contributed by atoms with Crippen LogP contribution in [0.25, 0.3) is 0 Å². The zero-order chi connectivity index (χ0) is 10.0. The molecule has 0 aromatic carbocycles. The number of aliphatic hydroxyl groups is 2. The van der Waals surface area contributed by atoms with Crippen molar-refractivity contribution in [3.8, 4) is 0 Å². The molecule has 1 aliphatic heterocycles. The second-order valence-electron chi connectivity index (χ2n) is 3.39. The molecule has 13 heavy (non-hydrogen) atoms. The molecule has 0 aromatic heterocycles. The van der Waals surface area contributed by atoms with Crippen LogP contribution in [0.4, 0.5) is 0 Å². The van der Waals surface area contributed by atoms with E-state index in [1.165, 1.54) is 0 Å². The van der Waals surface area contributed by atoms with Crippen molar-refractivity contribution < 1.29 is 19.7 Å². The molecule has 0 bridgehead atoms. The summed E-state index contributed by atoms with van der Waals surface area (Å²) in [5.74, 6) is 0.371. The fraction of sp³-hybridized carbons (Fsp3) is 1.00. The van der Waals surface area contributed by atoms with E-state index in [1.54, 1.807) is 0 Å². The van der Waals surface area contributed by atoms with E-state index < -0.39 is 24.6 Å². The van der Waals surface area contributed by atoms with Gasteiger partial charge in [0.15, 0.2) is 6.29 Å². The van der Waals surface area contributed by atoms with Crippen molar-refractivity contribution in [3.05, 3.63) is 0 Å². The molecule has 2 N–H and O–H groups in total. The van der Waals surface area contributed by atoms with Crippen molar-refractivity contribution in [2.75, 3.05) is 5.75 Å². The molecule has 4 atom stereocenters. The molecule has 1 heterocycles. The van der Waals surface area contributed by atoms with E-state index in [0.29, 0.717) is 5.75 Å². The highest BCUT2D eigenvalue weighted by Gasteiger charge is 2.42. The highest BCUT2D eigenvalue weighted by atomic mass is 32.1. The third-order valence-corrected chi connectivity index (χ3v) is 2.26. The van der Waals surface area contributed by atoms with Crippen LogP contribution in [0.3, 0.4) is 0 Å². The number of aliphatic hydroxyl groups excluding tert-OH is 2. The second-order valence-corrected chi connectivity index (χ2v) is 3.76. The lowest BCUT2D eigenvalue weighted by atomic mass is 10.1. The molecule has 78 valence electrons. The zero-order valence-corrected chi connectivity index (χ0v) is 8.65. The lowest BCUT2D eigenvalue weighted by Crippen LogP contribution is -2.34. The molecular weight excluding hydrogens is 192 g/mol. The molecule has 1 aliphatic rings. The normalized spacial score (nSPS) is 40.2. The number of rotatable bonds is 3. The van der Waals surface area contributed by atoms with Crippen molar-refractivity contribution in [3.63, 3.8) is 0 Å². The molecular formula is C8H16O4S. The predicted molar refractivity (Wildman–Crippen MR) is 50.7 cm³/mol. The Morgan fingerprint density at radius 1 is 1.38 bits per heavy atom. The molecule has 0 unspecified atom stereocenters. The van der Waals surface area contributed by atoms with E-state index >= 15 is 0 Å². The van der Waals surface area contributed by atoms with Gasteiger partial charge >= 0.3 is 0 Å². The molecule has 4 nitrogen and oxygen atoms in total. The minimum Gasteiger partial charge on any atom is -0.387 e. The molecule has 0 spiro atoms. The van der Waals surface area contributed by atoms with Crippen molar-refractivity contribution in [1.82, 2.24) is 0 Å². The number of hydrogen-bond donors (Lipinski definition) is 3. The van der Waals surface area contributed by atoms with Crippen LogP contribution < -0.4 is 0 Å². The van der Waals surface area contributed by atoms with Gasteiger partial charge < -0.3 is 19.7 Å². The van der Waals surface area contributed by atoms with Crippen LogP contribution in [0.15, 0.2) is 0 Å². The molecule has 0 amide bonds. The van der Waals surface area contributed by atoms with Gasteiger partial charge in [0.2, 0.25) is 0 Å². The summed E-state index contributed by atoms with van der Waals surface area (Å²) in [5, 5.41) is 18.9. The Kier molecular flexibility index (Phi) is 4.00. The number of thiol groups is 1. The first kappa shape index (κ1) is 11.3. The van der Waals surface area contributed by atoms with Gasteiger partial charge in [0, 0.05) is 5.75 Å². The third kappa shape index (κ3) is 2.57. The van der Waals surface area contributed by atoms with Gasteiger partial charge in [-0.25, -0.2) is 0 Å². The third-order valence-electron chi connectivity index (χ3n) is 1.90.